The second-order valence-electron chi connectivity index (χ2n) is 4.12. The number of fused-ring (bicyclic) bond motifs is 1. The van der Waals surface area contributed by atoms with Crippen molar-refractivity contribution in [2.45, 2.75) is 6.61 Å². The lowest BCUT2D eigenvalue weighted by Gasteiger charge is -2.06. The van der Waals surface area contributed by atoms with Crippen molar-refractivity contribution >= 4 is 21.4 Å². The zero-order chi connectivity index (χ0) is 13.9. The molecular weight excluding hydrogens is 322 g/mol. The Morgan fingerprint density at radius 1 is 1.15 bits per heavy atom. The van der Waals surface area contributed by atoms with E-state index in [2.05, 4.69) is 25.9 Å². The molecular formula is C14H12BrN3O2. The summed E-state index contributed by atoms with van der Waals surface area (Å²) in [5.74, 6) is 2.36. The maximum absolute atomic E-state index is 5.73. The van der Waals surface area contributed by atoms with E-state index < -0.39 is 0 Å². The molecule has 2 aromatic heterocycles. The van der Waals surface area contributed by atoms with Crippen LogP contribution in [-0.4, -0.2) is 21.5 Å². The van der Waals surface area contributed by atoms with Gasteiger partial charge in [0.15, 0.2) is 5.82 Å². The van der Waals surface area contributed by atoms with Gasteiger partial charge >= 0.3 is 0 Å². The first kappa shape index (κ1) is 12.9. The van der Waals surface area contributed by atoms with Gasteiger partial charge in [0, 0.05) is 6.20 Å². The molecule has 102 valence electrons. The number of methoxy groups -OCH3 is 1. The summed E-state index contributed by atoms with van der Waals surface area (Å²) in [5, 5.41) is 0. The fourth-order valence-corrected chi connectivity index (χ4v) is 2.41. The SMILES string of the molecule is COc1ccc(OCc2nc(Br)c3ccncn23)cc1. The summed E-state index contributed by atoms with van der Waals surface area (Å²) in [6, 6.07) is 9.34. The Morgan fingerprint density at radius 3 is 2.65 bits per heavy atom. The maximum atomic E-state index is 5.73. The molecule has 1 aromatic carbocycles. The van der Waals surface area contributed by atoms with Crippen LogP contribution in [0.4, 0.5) is 0 Å². The molecule has 0 aliphatic rings. The number of hydrogen-bond acceptors (Lipinski definition) is 4. The second kappa shape index (κ2) is 5.50. The van der Waals surface area contributed by atoms with Gasteiger partial charge in [-0.05, 0) is 46.3 Å². The minimum Gasteiger partial charge on any atom is -0.497 e. The van der Waals surface area contributed by atoms with Crippen LogP contribution in [0.15, 0.2) is 47.5 Å². The number of aromatic nitrogens is 3. The Labute approximate surface area is 124 Å². The topological polar surface area (TPSA) is 48.7 Å². The Bertz CT molecular complexity index is 725. The number of imidazole rings is 1. The van der Waals surface area contributed by atoms with Gasteiger partial charge in [0.1, 0.15) is 29.0 Å². The van der Waals surface area contributed by atoms with Gasteiger partial charge in [-0.2, -0.15) is 0 Å². The Morgan fingerprint density at radius 2 is 1.90 bits per heavy atom. The number of rotatable bonds is 4. The van der Waals surface area contributed by atoms with Crippen molar-refractivity contribution < 1.29 is 9.47 Å². The summed E-state index contributed by atoms with van der Waals surface area (Å²) in [5.41, 5.74) is 0.966. The van der Waals surface area contributed by atoms with Crippen molar-refractivity contribution in [3.05, 3.63) is 53.3 Å². The van der Waals surface area contributed by atoms with Crippen LogP contribution in [-0.2, 0) is 6.61 Å². The van der Waals surface area contributed by atoms with Crippen molar-refractivity contribution in [3.63, 3.8) is 0 Å². The third-order valence-electron chi connectivity index (χ3n) is 2.90. The molecule has 0 N–H and O–H groups in total. The van der Waals surface area contributed by atoms with E-state index in [9.17, 15) is 0 Å². The van der Waals surface area contributed by atoms with Gasteiger partial charge < -0.3 is 9.47 Å². The molecule has 0 fully saturated rings. The van der Waals surface area contributed by atoms with E-state index in [0.29, 0.717) is 6.61 Å². The van der Waals surface area contributed by atoms with Crippen LogP contribution in [0.2, 0.25) is 0 Å². The van der Waals surface area contributed by atoms with Gasteiger partial charge in [0.25, 0.3) is 0 Å². The fraction of sp³-hybridized carbons (Fsp3) is 0.143. The average Bonchev–Trinajstić information content (AvgIpc) is 2.83. The molecule has 0 aliphatic heterocycles. The standard InChI is InChI=1S/C14H12BrN3O2/c1-19-10-2-4-11(5-3-10)20-8-13-17-14(15)12-6-7-16-9-18(12)13/h2-7,9H,8H2,1H3. The Kier molecular flexibility index (Phi) is 3.56. The van der Waals surface area contributed by atoms with E-state index in [4.69, 9.17) is 9.47 Å². The maximum Gasteiger partial charge on any atom is 0.153 e. The molecule has 0 unspecified atom stereocenters. The highest BCUT2D eigenvalue weighted by Gasteiger charge is 2.09. The predicted molar refractivity (Wildman–Crippen MR) is 78.0 cm³/mol. The van der Waals surface area contributed by atoms with E-state index in [0.717, 1.165) is 27.4 Å². The van der Waals surface area contributed by atoms with Gasteiger partial charge in [-0.15, -0.1) is 0 Å². The molecule has 6 heteroatoms. The molecule has 0 atom stereocenters. The molecule has 0 spiro atoms. The molecule has 0 aliphatic carbocycles. The summed E-state index contributed by atoms with van der Waals surface area (Å²) in [6.45, 7) is 0.366. The van der Waals surface area contributed by atoms with Crippen LogP contribution in [0, 0.1) is 0 Å². The van der Waals surface area contributed by atoms with Crippen LogP contribution < -0.4 is 9.47 Å². The van der Waals surface area contributed by atoms with E-state index >= 15 is 0 Å². The molecule has 20 heavy (non-hydrogen) atoms. The molecule has 0 saturated heterocycles. The van der Waals surface area contributed by atoms with Gasteiger partial charge in [-0.25, -0.2) is 9.97 Å². The van der Waals surface area contributed by atoms with Crippen molar-refractivity contribution in [2.75, 3.05) is 7.11 Å². The number of benzene rings is 1. The van der Waals surface area contributed by atoms with Crippen molar-refractivity contribution in [1.82, 2.24) is 14.4 Å². The van der Waals surface area contributed by atoms with Crippen molar-refractivity contribution in [2.24, 2.45) is 0 Å². The highest BCUT2D eigenvalue weighted by Crippen LogP contribution is 2.21. The van der Waals surface area contributed by atoms with Crippen molar-refractivity contribution in [3.8, 4) is 11.5 Å². The lowest BCUT2D eigenvalue weighted by Crippen LogP contribution is -2.01. The number of ether oxygens (including phenoxy) is 2. The lowest BCUT2D eigenvalue weighted by molar-refractivity contribution is 0.294. The first-order chi connectivity index (χ1) is 9.78. The van der Waals surface area contributed by atoms with Crippen LogP contribution in [0.3, 0.4) is 0 Å². The Balaban J connectivity index is 1.79. The fourth-order valence-electron chi connectivity index (χ4n) is 1.88. The summed E-state index contributed by atoms with van der Waals surface area (Å²) < 4.78 is 13.5. The monoisotopic (exact) mass is 333 g/mol. The molecule has 5 nitrogen and oxygen atoms in total. The van der Waals surface area contributed by atoms with E-state index in [1.807, 2.05) is 34.7 Å². The lowest BCUT2D eigenvalue weighted by atomic mass is 10.3. The van der Waals surface area contributed by atoms with E-state index in [1.165, 1.54) is 0 Å². The van der Waals surface area contributed by atoms with E-state index in [-0.39, 0.29) is 0 Å². The molecule has 0 radical (unpaired) electrons. The largest absolute Gasteiger partial charge is 0.497 e. The first-order valence-corrected chi connectivity index (χ1v) is 6.80. The third-order valence-corrected chi connectivity index (χ3v) is 3.49. The third kappa shape index (κ3) is 2.46. The highest BCUT2D eigenvalue weighted by atomic mass is 79.9. The summed E-state index contributed by atoms with van der Waals surface area (Å²) in [7, 11) is 1.64. The predicted octanol–water partition coefficient (Wildman–Crippen LogP) is 3.08. The zero-order valence-corrected chi connectivity index (χ0v) is 12.4. The van der Waals surface area contributed by atoms with Crippen LogP contribution in [0.25, 0.3) is 5.52 Å². The van der Waals surface area contributed by atoms with Gasteiger partial charge in [0.05, 0.1) is 12.6 Å². The van der Waals surface area contributed by atoms with Crippen LogP contribution in [0.5, 0.6) is 11.5 Å². The summed E-state index contributed by atoms with van der Waals surface area (Å²) in [4.78, 5) is 8.52. The van der Waals surface area contributed by atoms with Gasteiger partial charge in [0.2, 0.25) is 0 Å². The van der Waals surface area contributed by atoms with Crippen molar-refractivity contribution in [1.29, 1.82) is 0 Å². The van der Waals surface area contributed by atoms with E-state index in [1.54, 1.807) is 19.6 Å². The number of hydrogen-bond donors (Lipinski definition) is 0. The minimum absolute atomic E-state index is 0.366. The van der Waals surface area contributed by atoms with Gasteiger partial charge in [-0.1, -0.05) is 0 Å². The first-order valence-electron chi connectivity index (χ1n) is 6.01. The second-order valence-corrected chi connectivity index (χ2v) is 4.87. The molecule has 0 amide bonds. The highest BCUT2D eigenvalue weighted by molar-refractivity contribution is 9.10. The average molecular weight is 334 g/mol. The molecule has 0 saturated carbocycles. The normalized spacial score (nSPS) is 10.7. The smallest absolute Gasteiger partial charge is 0.153 e. The molecule has 3 rings (SSSR count). The van der Waals surface area contributed by atoms with Crippen LogP contribution >= 0.6 is 15.9 Å². The Hall–Kier alpha value is -2.08. The molecule has 2 heterocycles. The quantitative estimate of drug-likeness (QED) is 0.736. The van der Waals surface area contributed by atoms with Gasteiger partial charge in [-0.3, -0.25) is 4.40 Å². The summed E-state index contributed by atoms with van der Waals surface area (Å²) >= 11 is 3.43. The number of nitrogens with zero attached hydrogens (tertiary/aromatic N) is 3. The summed E-state index contributed by atoms with van der Waals surface area (Å²) in [6.07, 6.45) is 3.45. The number of halogens is 1. The molecule has 3 aromatic rings. The van der Waals surface area contributed by atoms with Crippen LogP contribution in [0.1, 0.15) is 5.82 Å². The minimum atomic E-state index is 0.366. The zero-order valence-electron chi connectivity index (χ0n) is 10.8. The molecule has 0 bridgehead atoms.